The van der Waals surface area contributed by atoms with Crippen LogP contribution in [0.15, 0.2) is 48.7 Å². The van der Waals surface area contributed by atoms with Crippen molar-refractivity contribution in [1.29, 1.82) is 0 Å². The van der Waals surface area contributed by atoms with Crippen molar-refractivity contribution in [1.82, 2.24) is 15.1 Å². The number of hydrogen-bond donors (Lipinski definition) is 1. The van der Waals surface area contributed by atoms with Crippen LogP contribution in [0, 0.1) is 0 Å². The van der Waals surface area contributed by atoms with Gasteiger partial charge in [0.1, 0.15) is 19.0 Å². The number of alkyl halides is 2. The largest absolute Gasteiger partial charge is 0.486 e. The van der Waals surface area contributed by atoms with Crippen LogP contribution >= 0.6 is 0 Å². The molecule has 0 unspecified atom stereocenters. The minimum Gasteiger partial charge on any atom is -0.486 e. The van der Waals surface area contributed by atoms with E-state index in [0.29, 0.717) is 42.5 Å². The lowest BCUT2D eigenvalue weighted by Crippen LogP contribution is -2.26. The zero-order valence-electron chi connectivity index (χ0n) is 16.1. The first kappa shape index (κ1) is 19.7. The smallest absolute Gasteiger partial charge is 0.387 e. The molecular weight excluding hydrogens is 396 g/mol. The molecule has 0 aliphatic carbocycles. The molecule has 156 valence electrons. The molecule has 0 spiro atoms. The molecule has 7 nitrogen and oxygen atoms in total. The highest BCUT2D eigenvalue weighted by molar-refractivity contribution is 5.99. The Bertz CT molecular complexity index is 1040. The van der Waals surface area contributed by atoms with E-state index in [0.717, 1.165) is 11.1 Å². The van der Waals surface area contributed by atoms with Crippen LogP contribution in [0.5, 0.6) is 17.2 Å². The lowest BCUT2D eigenvalue weighted by Gasteiger charge is -2.19. The molecule has 0 atom stereocenters. The number of nitrogens with zero attached hydrogens (tertiary/aromatic N) is 2. The molecule has 0 saturated heterocycles. The summed E-state index contributed by atoms with van der Waals surface area (Å²) in [4.78, 5) is 14.5. The Balaban J connectivity index is 1.50. The number of aromatic nitrogens is 2. The second-order valence-electron chi connectivity index (χ2n) is 6.70. The Hall–Kier alpha value is -3.62. The van der Waals surface area contributed by atoms with E-state index in [1.807, 2.05) is 6.07 Å². The molecule has 9 heteroatoms. The molecule has 1 amide bonds. The van der Waals surface area contributed by atoms with Crippen molar-refractivity contribution >= 4 is 5.91 Å². The summed E-state index contributed by atoms with van der Waals surface area (Å²) < 4.78 is 40.0. The lowest BCUT2D eigenvalue weighted by atomic mass is 10.1. The van der Waals surface area contributed by atoms with Crippen molar-refractivity contribution in [3.63, 3.8) is 0 Å². The van der Waals surface area contributed by atoms with Crippen LogP contribution < -0.4 is 14.2 Å². The van der Waals surface area contributed by atoms with Gasteiger partial charge in [-0.25, -0.2) is 0 Å². The van der Waals surface area contributed by atoms with E-state index < -0.39 is 6.61 Å². The van der Waals surface area contributed by atoms with E-state index in [2.05, 4.69) is 14.9 Å². The quantitative estimate of drug-likeness (QED) is 0.664. The molecule has 4 rings (SSSR count). The molecule has 0 fully saturated rings. The number of halogens is 2. The number of carbonyl (C=O) groups excluding carboxylic acids is 1. The van der Waals surface area contributed by atoms with E-state index in [4.69, 9.17) is 9.47 Å². The van der Waals surface area contributed by atoms with E-state index in [1.165, 1.54) is 23.2 Å². The number of H-pyrrole nitrogens is 1. The summed E-state index contributed by atoms with van der Waals surface area (Å²) >= 11 is 0. The number of aromatic amines is 1. The number of nitrogens with one attached hydrogen (secondary N) is 1. The maximum absolute atomic E-state index is 13.0. The number of ether oxygens (including phenoxy) is 3. The minimum absolute atomic E-state index is 0.0680. The highest BCUT2D eigenvalue weighted by Crippen LogP contribution is 2.35. The van der Waals surface area contributed by atoms with E-state index in [9.17, 15) is 13.6 Å². The molecule has 1 aliphatic rings. The SMILES string of the molecule is CN(Cc1ccc(OC(F)F)cc1)C(=O)c1cn[nH]c1-c1ccc2c(c1)OCCO2. The average Bonchev–Trinajstić information content (AvgIpc) is 3.23. The fraction of sp³-hybridized carbons (Fsp3) is 0.238. The van der Waals surface area contributed by atoms with Crippen LogP contribution in [0.2, 0.25) is 0 Å². The Morgan fingerprint density at radius 3 is 2.63 bits per heavy atom. The second-order valence-corrected chi connectivity index (χ2v) is 6.70. The Kier molecular flexibility index (Phi) is 5.51. The van der Waals surface area contributed by atoms with Gasteiger partial charge in [-0.1, -0.05) is 12.1 Å². The Labute approximate surface area is 171 Å². The van der Waals surface area contributed by atoms with Crippen molar-refractivity contribution in [3.8, 4) is 28.5 Å². The minimum atomic E-state index is -2.87. The van der Waals surface area contributed by atoms with Crippen LogP contribution in [0.25, 0.3) is 11.3 Å². The summed E-state index contributed by atoms with van der Waals surface area (Å²) in [6.07, 6.45) is 1.48. The molecule has 0 bridgehead atoms. The van der Waals surface area contributed by atoms with Crippen LogP contribution in [0.3, 0.4) is 0 Å². The van der Waals surface area contributed by atoms with Gasteiger partial charge in [0.25, 0.3) is 5.91 Å². The van der Waals surface area contributed by atoms with Crippen LogP contribution in [-0.2, 0) is 6.54 Å². The predicted molar refractivity (Wildman–Crippen MR) is 104 cm³/mol. The summed E-state index contributed by atoms with van der Waals surface area (Å²) in [5.41, 5.74) is 2.51. The molecule has 1 aliphatic heterocycles. The summed E-state index contributed by atoms with van der Waals surface area (Å²) in [6, 6.07) is 11.6. The third-order valence-electron chi connectivity index (χ3n) is 4.62. The van der Waals surface area contributed by atoms with Crippen LogP contribution in [0.4, 0.5) is 8.78 Å². The zero-order valence-corrected chi connectivity index (χ0v) is 16.1. The molecular formula is C21H19F2N3O4. The van der Waals surface area contributed by atoms with Gasteiger partial charge in [-0.15, -0.1) is 0 Å². The molecule has 2 heterocycles. The summed E-state index contributed by atoms with van der Waals surface area (Å²) in [7, 11) is 1.66. The number of fused-ring (bicyclic) bond motifs is 1. The third kappa shape index (κ3) is 4.19. The van der Waals surface area contributed by atoms with E-state index in [-0.39, 0.29) is 11.7 Å². The van der Waals surface area contributed by atoms with E-state index >= 15 is 0 Å². The van der Waals surface area contributed by atoms with Gasteiger partial charge in [-0.05, 0) is 35.9 Å². The third-order valence-corrected chi connectivity index (χ3v) is 4.62. The van der Waals surface area contributed by atoms with Crippen molar-refractivity contribution in [3.05, 3.63) is 59.8 Å². The van der Waals surface area contributed by atoms with Crippen molar-refractivity contribution in [2.45, 2.75) is 13.2 Å². The highest BCUT2D eigenvalue weighted by atomic mass is 19.3. The van der Waals surface area contributed by atoms with Gasteiger partial charge in [0.15, 0.2) is 11.5 Å². The summed E-state index contributed by atoms with van der Waals surface area (Å²) in [5.74, 6) is 1.11. The predicted octanol–water partition coefficient (Wildman–Crippen LogP) is 3.72. The summed E-state index contributed by atoms with van der Waals surface area (Å²) in [6.45, 7) is -1.62. The maximum atomic E-state index is 13.0. The monoisotopic (exact) mass is 415 g/mol. The number of carbonyl (C=O) groups is 1. The van der Waals surface area contributed by atoms with Crippen molar-refractivity contribution < 1.29 is 27.8 Å². The van der Waals surface area contributed by atoms with Crippen molar-refractivity contribution in [2.75, 3.05) is 20.3 Å². The normalized spacial score (nSPS) is 12.7. The molecule has 1 N–H and O–H groups in total. The van der Waals surface area contributed by atoms with Gasteiger partial charge in [0.05, 0.1) is 17.5 Å². The highest BCUT2D eigenvalue weighted by Gasteiger charge is 2.21. The first-order valence-corrected chi connectivity index (χ1v) is 9.24. The number of benzene rings is 2. The first-order valence-electron chi connectivity index (χ1n) is 9.24. The van der Waals surface area contributed by atoms with Gasteiger partial charge in [-0.2, -0.15) is 13.9 Å². The van der Waals surface area contributed by atoms with Gasteiger partial charge >= 0.3 is 6.61 Å². The van der Waals surface area contributed by atoms with Gasteiger partial charge in [0, 0.05) is 19.2 Å². The summed E-state index contributed by atoms with van der Waals surface area (Å²) in [5, 5.41) is 6.90. The van der Waals surface area contributed by atoms with Crippen LogP contribution in [-0.4, -0.2) is 47.9 Å². The maximum Gasteiger partial charge on any atom is 0.387 e. The standard InChI is InChI=1S/C21H19F2N3O4/c1-26(12-13-2-5-15(6-3-13)30-21(22)23)20(27)16-11-24-25-19(16)14-4-7-17-18(10-14)29-9-8-28-17/h2-7,10-11,21H,8-9,12H2,1H3,(H,24,25). The van der Waals surface area contributed by atoms with Gasteiger partial charge < -0.3 is 19.1 Å². The zero-order chi connectivity index (χ0) is 21.1. The fourth-order valence-corrected chi connectivity index (χ4v) is 3.19. The van der Waals surface area contributed by atoms with Gasteiger partial charge in [-0.3, -0.25) is 9.89 Å². The average molecular weight is 415 g/mol. The van der Waals surface area contributed by atoms with E-state index in [1.54, 1.807) is 31.3 Å². The van der Waals surface area contributed by atoms with Crippen LogP contribution in [0.1, 0.15) is 15.9 Å². The molecule has 1 aromatic heterocycles. The number of rotatable bonds is 6. The molecule has 0 saturated carbocycles. The number of amides is 1. The van der Waals surface area contributed by atoms with Crippen molar-refractivity contribution in [2.24, 2.45) is 0 Å². The first-order chi connectivity index (χ1) is 14.5. The lowest BCUT2D eigenvalue weighted by molar-refractivity contribution is -0.0498. The second kappa shape index (κ2) is 8.40. The Morgan fingerprint density at radius 2 is 1.90 bits per heavy atom. The fourth-order valence-electron chi connectivity index (χ4n) is 3.19. The molecule has 2 aromatic carbocycles. The molecule has 0 radical (unpaired) electrons. The number of hydrogen-bond acceptors (Lipinski definition) is 5. The molecule has 30 heavy (non-hydrogen) atoms. The molecule has 3 aromatic rings. The topological polar surface area (TPSA) is 76.7 Å². The van der Waals surface area contributed by atoms with Gasteiger partial charge in [0.2, 0.25) is 0 Å². The Morgan fingerprint density at radius 1 is 1.17 bits per heavy atom.